The highest BCUT2D eigenvalue weighted by atomic mass is 16.3. The van der Waals surface area contributed by atoms with Crippen molar-refractivity contribution in [3.8, 4) is 11.9 Å². The van der Waals surface area contributed by atoms with Gasteiger partial charge in [-0.2, -0.15) is 5.26 Å². The van der Waals surface area contributed by atoms with Gasteiger partial charge < -0.3 is 20.2 Å². The first-order valence-electron chi connectivity index (χ1n) is 14.2. The maximum absolute atomic E-state index is 9.96. The van der Waals surface area contributed by atoms with Crippen LogP contribution in [0.2, 0.25) is 0 Å². The summed E-state index contributed by atoms with van der Waals surface area (Å²) in [6, 6.07) is 16.2. The summed E-state index contributed by atoms with van der Waals surface area (Å²) >= 11 is 0. The molecule has 2 N–H and O–H groups in total. The second-order valence-electron chi connectivity index (χ2n) is 11.8. The molecule has 8 rings (SSSR count). The number of piperazine rings is 3. The molecule has 5 aliphatic heterocycles. The minimum Gasteiger partial charge on any atom is -0.493 e. The molecule has 2 bridgehead atoms. The van der Waals surface area contributed by atoms with Crippen molar-refractivity contribution in [2.45, 2.75) is 51.0 Å². The number of hydrogen-bond donors (Lipinski definition) is 2. The number of nitriles is 1. The Bertz CT molecular complexity index is 1440. The van der Waals surface area contributed by atoms with Gasteiger partial charge in [-0.3, -0.25) is 9.80 Å². The normalized spacial score (nSPS) is 27.2. The van der Waals surface area contributed by atoms with Crippen molar-refractivity contribution >= 4 is 22.4 Å². The summed E-state index contributed by atoms with van der Waals surface area (Å²) in [5.41, 5.74) is 4.60. The Kier molecular flexibility index (Phi) is 6.07. The van der Waals surface area contributed by atoms with Gasteiger partial charge in [0.25, 0.3) is 0 Å². The number of nitrogens with one attached hydrogen (secondary N) is 1. The van der Waals surface area contributed by atoms with Crippen LogP contribution >= 0.6 is 0 Å². The lowest BCUT2D eigenvalue weighted by atomic mass is 9.91. The summed E-state index contributed by atoms with van der Waals surface area (Å²) < 4.78 is 0. The molecule has 0 radical (unpaired) electrons. The predicted molar refractivity (Wildman–Crippen MR) is 152 cm³/mol. The van der Waals surface area contributed by atoms with Gasteiger partial charge in [-0.05, 0) is 50.1 Å². The third-order valence-corrected chi connectivity index (χ3v) is 9.20. The van der Waals surface area contributed by atoms with Crippen LogP contribution in [0.1, 0.15) is 30.2 Å². The molecule has 5 aliphatic rings. The lowest BCUT2D eigenvalue weighted by Crippen LogP contribution is -2.67. The van der Waals surface area contributed by atoms with Crippen LogP contribution in [-0.4, -0.2) is 94.9 Å². The number of benzene rings is 1. The second kappa shape index (κ2) is 9.63. The van der Waals surface area contributed by atoms with Crippen LogP contribution in [0.5, 0.6) is 5.88 Å². The fraction of sp³-hybridized carbons (Fsp3) is 0.500. The zero-order valence-corrected chi connectivity index (χ0v) is 22.7. The van der Waals surface area contributed by atoms with Crippen molar-refractivity contribution in [1.29, 1.82) is 5.26 Å². The van der Waals surface area contributed by atoms with Crippen LogP contribution in [0, 0.1) is 18.3 Å². The van der Waals surface area contributed by atoms with Crippen molar-refractivity contribution in [3.05, 3.63) is 53.2 Å². The van der Waals surface area contributed by atoms with Gasteiger partial charge in [0.15, 0.2) is 0 Å². The van der Waals surface area contributed by atoms with E-state index in [0.717, 1.165) is 74.9 Å². The third kappa shape index (κ3) is 4.46. The zero-order chi connectivity index (χ0) is 26.7. The molecule has 4 unspecified atom stereocenters. The van der Waals surface area contributed by atoms with Gasteiger partial charge in [0.1, 0.15) is 11.9 Å². The van der Waals surface area contributed by atoms with Gasteiger partial charge >= 0.3 is 0 Å². The number of piperidine rings is 1. The molecular formula is C30H36N8O. The van der Waals surface area contributed by atoms with Crippen LogP contribution in [0.15, 0.2) is 36.4 Å². The van der Waals surface area contributed by atoms with Gasteiger partial charge in [0, 0.05) is 99.4 Å². The topological polar surface area (TPSA) is 94.8 Å². The van der Waals surface area contributed by atoms with E-state index in [2.05, 4.69) is 61.9 Å². The first kappa shape index (κ1) is 24.6. The molecule has 5 fully saturated rings. The van der Waals surface area contributed by atoms with Crippen molar-refractivity contribution < 1.29 is 5.11 Å². The summed E-state index contributed by atoms with van der Waals surface area (Å²) in [5.74, 6) is 1.06. The van der Waals surface area contributed by atoms with Crippen LogP contribution in [-0.2, 0) is 6.54 Å². The standard InChI is InChI=1S/C30H36N8O/c1-19-13-36(27-6-3-21(12-31)30-26(27)5-8-29(39)34-30)18-25-17-35(9-10-38(19)25)14-22-4-7-28(32-20(22)2)37-15-23-11-24(16-37)33-23/h3-8,19,23-25,33H,9-11,13-18H2,1-2H3,(H,34,39). The van der Waals surface area contributed by atoms with Crippen molar-refractivity contribution in [1.82, 2.24) is 25.1 Å². The summed E-state index contributed by atoms with van der Waals surface area (Å²) in [5, 5.41) is 24.1. The summed E-state index contributed by atoms with van der Waals surface area (Å²) in [7, 11) is 0. The van der Waals surface area contributed by atoms with E-state index in [-0.39, 0.29) is 5.88 Å². The number of rotatable bonds is 4. The first-order valence-corrected chi connectivity index (χ1v) is 14.2. The minimum atomic E-state index is -0.0559. The zero-order valence-electron chi connectivity index (χ0n) is 22.7. The molecule has 39 heavy (non-hydrogen) atoms. The quantitative estimate of drug-likeness (QED) is 0.534. The number of fused-ring (bicyclic) bond motifs is 4. The fourth-order valence-corrected chi connectivity index (χ4v) is 7.19. The Morgan fingerprint density at radius 1 is 0.974 bits per heavy atom. The highest BCUT2D eigenvalue weighted by molar-refractivity contribution is 5.95. The van der Waals surface area contributed by atoms with Crippen molar-refractivity contribution in [2.75, 3.05) is 55.6 Å². The second-order valence-corrected chi connectivity index (χ2v) is 11.8. The molecule has 1 aromatic carbocycles. The minimum absolute atomic E-state index is 0.0559. The Balaban J connectivity index is 1.07. The number of pyridine rings is 2. The number of aromatic nitrogens is 2. The lowest BCUT2D eigenvalue weighted by molar-refractivity contribution is 0.0316. The number of aryl methyl sites for hydroxylation is 1. The Morgan fingerprint density at radius 2 is 1.79 bits per heavy atom. The number of aromatic hydroxyl groups is 1. The van der Waals surface area contributed by atoms with Crippen LogP contribution in [0.25, 0.3) is 10.9 Å². The van der Waals surface area contributed by atoms with E-state index in [1.807, 2.05) is 18.2 Å². The molecule has 7 heterocycles. The Morgan fingerprint density at radius 3 is 2.56 bits per heavy atom. The maximum Gasteiger partial charge on any atom is 0.211 e. The van der Waals surface area contributed by atoms with Gasteiger partial charge in [-0.25, -0.2) is 9.97 Å². The molecule has 0 amide bonds. The van der Waals surface area contributed by atoms with Crippen molar-refractivity contribution in [2.24, 2.45) is 0 Å². The predicted octanol–water partition coefficient (Wildman–Crippen LogP) is 2.46. The molecule has 0 saturated carbocycles. The highest BCUT2D eigenvalue weighted by Gasteiger charge is 2.38. The van der Waals surface area contributed by atoms with Crippen LogP contribution in [0.3, 0.4) is 0 Å². The van der Waals surface area contributed by atoms with E-state index in [1.54, 1.807) is 6.07 Å². The summed E-state index contributed by atoms with van der Waals surface area (Å²) in [6.07, 6.45) is 1.30. The van der Waals surface area contributed by atoms with Crippen LogP contribution in [0.4, 0.5) is 11.5 Å². The number of anilines is 2. The Labute approximate surface area is 229 Å². The van der Waals surface area contributed by atoms with E-state index in [1.165, 1.54) is 12.0 Å². The molecule has 0 spiro atoms. The SMILES string of the molecule is Cc1nc(N2CC3CC(C2)N3)ccc1CN1CCN2C(C)CN(c3ccc(C#N)c4nc(O)ccc34)CC2C1. The smallest absolute Gasteiger partial charge is 0.211 e. The van der Waals surface area contributed by atoms with Gasteiger partial charge in [-0.1, -0.05) is 6.07 Å². The van der Waals surface area contributed by atoms with Crippen LogP contribution < -0.4 is 15.1 Å². The van der Waals surface area contributed by atoms with Gasteiger partial charge in [0.2, 0.25) is 5.88 Å². The molecule has 3 aromatic rings. The molecular weight excluding hydrogens is 488 g/mol. The summed E-state index contributed by atoms with van der Waals surface area (Å²) in [4.78, 5) is 19.4. The van der Waals surface area contributed by atoms with Gasteiger partial charge in [0.05, 0.1) is 11.1 Å². The average Bonchev–Trinajstić information content (AvgIpc) is 2.93. The van der Waals surface area contributed by atoms with E-state index in [4.69, 9.17) is 4.98 Å². The number of nitrogens with zero attached hydrogens (tertiary/aromatic N) is 7. The van der Waals surface area contributed by atoms with E-state index >= 15 is 0 Å². The lowest BCUT2D eigenvalue weighted by Gasteiger charge is -2.51. The largest absolute Gasteiger partial charge is 0.493 e. The Hall–Kier alpha value is -3.45. The number of hydrogen-bond acceptors (Lipinski definition) is 9. The maximum atomic E-state index is 9.96. The monoisotopic (exact) mass is 524 g/mol. The van der Waals surface area contributed by atoms with E-state index < -0.39 is 0 Å². The van der Waals surface area contributed by atoms with Crippen molar-refractivity contribution in [3.63, 3.8) is 0 Å². The average molecular weight is 525 g/mol. The fourth-order valence-electron chi connectivity index (χ4n) is 7.19. The highest BCUT2D eigenvalue weighted by Crippen LogP contribution is 2.33. The van der Waals surface area contributed by atoms with Gasteiger partial charge in [-0.15, -0.1) is 0 Å². The molecule has 2 aromatic heterocycles. The van der Waals surface area contributed by atoms with E-state index in [0.29, 0.717) is 35.2 Å². The summed E-state index contributed by atoms with van der Waals surface area (Å²) in [6.45, 7) is 12.5. The molecule has 9 heteroatoms. The third-order valence-electron chi connectivity index (χ3n) is 9.20. The van der Waals surface area contributed by atoms with E-state index in [9.17, 15) is 10.4 Å². The first-order chi connectivity index (χ1) is 18.9. The molecule has 5 saturated heterocycles. The molecule has 4 atom stereocenters. The molecule has 9 nitrogen and oxygen atoms in total. The molecule has 0 aliphatic carbocycles. The molecule has 202 valence electrons.